The highest BCUT2D eigenvalue weighted by molar-refractivity contribution is 7.16. The van der Waals surface area contributed by atoms with E-state index in [0.29, 0.717) is 33.5 Å². The topological polar surface area (TPSA) is 87.7 Å². The predicted octanol–water partition coefficient (Wildman–Crippen LogP) is 3.67. The van der Waals surface area contributed by atoms with Crippen molar-refractivity contribution in [2.24, 2.45) is 0 Å². The van der Waals surface area contributed by atoms with Crippen molar-refractivity contribution in [1.29, 1.82) is 0 Å². The van der Waals surface area contributed by atoms with E-state index in [4.69, 9.17) is 0 Å². The minimum Gasteiger partial charge on any atom is -0.311 e. The molecule has 2 heterocycles. The maximum atomic E-state index is 13.5. The third-order valence-electron chi connectivity index (χ3n) is 4.18. The van der Waals surface area contributed by atoms with Gasteiger partial charge in [-0.1, -0.05) is 0 Å². The molecule has 146 valence electrons. The highest BCUT2D eigenvalue weighted by atomic mass is 32.1. The minimum absolute atomic E-state index is 0.0911. The van der Waals surface area contributed by atoms with Crippen LogP contribution in [0.15, 0.2) is 23.0 Å². The lowest BCUT2D eigenvalue weighted by Gasteiger charge is -2.05. The van der Waals surface area contributed by atoms with Crippen LogP contribution >= 0.6 is 11.3 Å². The Balaban J connectivity index is 1.70. The number of halogens is 2. The zero-order chi connectivity index (χ0) is 20.4. The van der Waals surface area contributed by atoms with Gasteiger partial charge in [-0.3, -0.25) is 9.59 Å². The molecule has 1 aromatic carbocycles. The third kappa shape index (κ3) is 4.30. The van der Waals surface area contributed by atoms with Crippen molar-refractivity contribution in [3.8, 4) is 11.3 Å². The molecule has 2 N–H and O–H groups in total. The van der Waals surface area contributed by atoms with Crippen LogP contribution in [-0.2, 0) is 11.2 Å². The SMILES string of the molecule is Cc1nc(C)c(CCC(=O)Nc2nc(-c3ccc(F)c(F)c3)c(C)s2)c(=O)[nH]1. The molecule has 0 unspecified atom stereocenters. The Morgan fingerprint density at radius 3 is 2.61 bits per heavy atom. The van der Waals surface area contributed by atoms with E-state index in [1.807, 2.05) is 0 Å². The number of nitrogens with zero attached hydrogens (tertiary/aromatic N) is 2. The molecule has 0 radical (unpaired) electrons. The number of aromatic nitrogens is 3. The summed E-state index contributed by atoms with van der Waals surface area (Å²) in [5, 5.41) is 3.04. The molecule has 2 aromatic heterocycles. The summed E-state index contributed by atoms with van der Waals surface area (Å²) in [5.74, 6) is -1.66. The molecule has 1 amide bonds. The van der Waals surface area contributed by atoms with Crippen molar-refractivity contribution in [2.45, 2.75) is 33.6 Å². The second-order valence-corrected chi connectivity index (χ2v) is 7.52. The third-order valence-corrected chi connectivity index (χ3v) is 5.06. The lowest BCUT2D eigenvalue weighted by Crippen LogP contribution is -2.20. The maximum Gasteiger partial charge on any atom is 0.254 e. The van der Waals surface area contributed by atoms with Gasteiger partial charge in [-0.2, -0.15) is 0 Å². The number of nitrogens with one attached hydrogen (secondary N) is 2. The molecule has 0 aliphatic carbocycles. The van der Waals surface area contributed by atoms with Gasteiger partial charge in [-0.05, 0) is 45.4 Å². The fraction of sp³-hybridized carbons (Fsp3) is 0.263. The lowest BCUT2D eigenvalue weighted by molar-refractivity contribution is -0.116. The first-order valence-corrected chi connectivity index (χ1v) is 9.35. The van der Waals surface area contributed by atoms with E-state index >= 15 is 0 Å². The summed E-state index contributed by atoms with van der Waals surface area (Å²) < 4.78 is 26.6. The van der Waals surface area contributed by atoms with Crippen molar-refractivity contribution >= 4 is 22.4 Å². The maximum absolute atomic E-state index is 13.5. The van der Waals surface area contributed by atoms with Crippen LogP contribution in [-0.4, -0.2) is 20.9 Å². The summed E-state index contributed by atoms with van der Waals surface area (Å²) in [6.07, 6.45) is 0.342. The Kier molecular flexibility index (Phi) is 5.64. The molecule has 3 rings (SSSR count). The van der Waals surface area contributed by atoms with Gasteiger partial charge in [0.2, 0.25) is 5.91 Å². The van der Waals surface area contributed by atoms with Gasteiger partial charge in [0, 0.05) is 28.1 Å². The number of rotatable bonds is 5. The van der Waals surface area contributed by atoms with Crippen LogP contribution in [0.5, 0.6) is 0 Å². The molecular weight excluding hydrogens is 386 g/mol. The number of carbonyl (C=O) groups is 1. The Bertz CT molecular complexity index is 1110. The van der Waals surface area contributed by atoms with Crippen LogP contribution in [0.3, 0.4) is 0 Å². The number of hydrogen-bond acceptors (Lipinski definition) is 5. The molecule has 0 fully saturated rings. The monoisotopic (exact) mass is 404 g/mol. The van der Waals surface area contributed by atoms with E-state index in [0.717, 1.165) is 17.0 Å². The molecular formula is C19H18F2N4O2S. The average molecular weight is 404 g/mol. The van der Waals surface area contributed by atoms with E-state index in [1.54, 1.807) is 20.8 Å². The summed E-state index contributed by atoms with van der Waals surface area (Å²) >= 11 is 1.24. The van der Waals surface area contributed by atoms with Crippen molar-refractivity contribution < 1.29 is 13.6 Å². The van der Waals surface area contributed by atoms with Gasteiger partial charge in [0.1, 0.15) is 5.82 Å². The van der Waals surface area contributed by atoms with Gasteiger partial charge < -0.3 is 10.3 Å². The fourth-order valence-corrected chi connectivity index (χ4v) is 3.68. The Morgan fingerprint density at radius 1 is 1.18 bits per heavy atom. The molecule has 6 nitrogen and oxygen atoms in total. The predicted molar refractivity (Wildman–Crippen MR) is 103 cm³/mol. The zero-order valence-corrected chi connectivity index (χ0v) is 16.3. The number of amides is 1. The molecule has 3 aromatic rings. The Morgan fingerprint density at radius 2 is 1.93 bits per heavy atom. The summed E-state index contributed by atoms with van der Waals surface area (Å²) in [7, 11) is 0. The number of anilines is 1. The first-order chi connectivity index (χ1) is 13.2. The van der Waals surface area contributed by atoms with E-state index in [9.17, 15) is 18.4 Å². The van der Waals surface area contributed by atoms with E-state index in [-0.39, 0.29) is 24.3 Å². The van der Waals surface area contributed by atoms with Crippen LogP contribution in [0.1, 0.15) is 28.4 Å². The summed E-state index contributed by atoms with van der Waals surface area (Å²) in [6, 6.07) is 3.55. The second kappa shape index (κ2) is 7.97. The average Bonchev–Trinajstić information content (AvgIpc) is 2.96. The molecule has 0 atom stereocenters. The van der Waals surface area contributed by atoms with Gasteiger partial charge in [-0.25, -0.2) is 18.7 Å². The van der Waals surface area contributed by atoms with E-state index in [2.05, 4.69) is 20.3 Å². The second-order valence-electron chi connectivity index (χ2n) is 6.32. The van der Waals surface area contributed by atoms with Gasteiger partial charge in [-0.15, -0.1) is 11.3 Å². The molecule has 0 saturated carbocycles. The number of benzene rings is 1. The summed E-state index contributed by atoms with van der Waals surface area (Å²) in [6.45, 7) is 5.21. The number of aromatic amines is 1. The van der Waals surface area contributed by atoms with Crippen molar-refractivity contribution in [2.75, 3.05) is 5.32 Å². The van der Waals surface area contributed by atoms with E-state index in [1.165, 1.54) is 17.4 Å². The number of H-pyrrole nitrogens is 1. The molecule has 28 heavy (non-hydrogen) atoms. The van der Waals surface area contributed by atoms with Crippen molar-refractivity contribution in [1.82, 2.24) is 15.0 Å². The van der Waals surface area contributed by atoms with Gasteiger partial charge >= 0.3 is 0 Å². The molecule has 9 heteroatoms. The smallest absolute Gasteiger partial charge is 0.254 e. The molecule has 0 aliphatic heterocycles. The molecule has 0 bridgehead atoms. The number of thiazole rings is 1. The number of hydrogen-bond donors (Lipinski definition) is 2. The van der Waals surface area contributed by atoms with Crippen LogP contribution in [0.25, 0.3) is 11.3 Å². The normalized spacial score (nSPS) is 10.9. The Hall–Kier alpha value is -2.94. The number of carbonyl (C=O) groups excluding carboxylic acids is 1. The Labute approximate surface area is 163 Å². The summed E-state index contributed by atoms with van der Waals surface area (Å²) in [5.41, 5.74) is 1.73. The highest BCUT2D eigenvalue weighted by Gasteiger charge is 2.15. The van der Waals surface area contributed by atoms with Crippen molar-refractivity contribution in [3.05, 3.63) is 62.1 Å². The lowest BCUT2D eigenvalue weighted by atomic mass is 10.1. The van der Waals surface area contributed by atoms with Gasteiger partial charge in [0.05, 0.1) is 5.69 Å². The van der Waals surface area contributed by atoms with Crippen LogP contribution in [0.4, 0.5) is 13.9 Å². The molecule has 0 aliphatic rings. The van der Waals surface area contributed by atoms with Crippen molar-refractivity contribution in [3.63, 3.8) is 0 Å². The fourth-order valence-electron chi connectivity index (χ4n) is 2.83. The molecule has 0 spiro atoms. The highest BCUT2D eigenvalue weighted by Crippen LogP contribution is 2.31. The van der Waals surface area contributed by atoms with Crippen LogP contribution in [0.2, 0.25) is 0 Å². The minimum atomic E-state index is -0.956. The quantitative estimate of drug-likeness (QED) is 0.679. The van der Waals surface area contributed by atoms with Crippen LogP contribution < -0.4 is 10.9 Å². The molecule has 0 saturated heterocycles. The largest absolute Gasteiger partial charge is 0.311 e. The first-order valence-electron chi connectivity index (χ1n) is 8.53. The summed E-state index contributed by atoms with van der Waals surface area (Å²) in [4.78, 5) is 36.1. The zero-order valence-electron chi connectivity index (χ0n) is 15.5. The standard InChI is InChI=1S/C19H18F2N4O2S/c1-9-13(18(27)23-11(3)22-9)5-7-16(26)24-19-25-17(10(2)28-19)12-4-6-14(20)15(21)8-12/h4,6,8H,5,7H2,1-3H3,(H,22,23,27)(H,24,25,26). The van der Waals surface area contributed by atoms with Gasteiger partial charge in [0.15, 0.2) is 16.8 Å². The van der Waals surface area contributed by atoms with Gasteiger partial charge in [0.25, 0.3) is 5.56 Å². The first kappa shape index (κ1) is 19.8. The number of aryl methyl sites for hydroxylation is 3. The van der Waals surface area contributed by atoms with E-state index < -0.39 is 11.6 Å². The van der Waals surface area contributed by atoms with Crippen LogP contribution in [0, 0.1) is 32.4 Å².